The number of fused-ring (bicyclic) bond motifs is 1. The number of benzene rings is 8. The van der Waals surface area contributed by atoms with Gasteiger partial charge in [0.15, 0.2) is 16.9 Å². The van der Waals surface area contributed by atoms with Crippen LogP contribution in [-0.2, 0) is 50.6 Å². The third kappa shape index (κ3) is 11.2. The van der Waals surface area contributed by atoms with E-state index >= 15 is 9.59 Å². The van der Waals surface area contributed by atoms with E-state index in [2.05, 4.69) is 47.0 Å². The molecule has 1 aromatic heterocycles. The maximum absolute atomic E-state index is 15.6. The Kier molecular flexibility index (Phi) is 16.4. The van der Waals surface area contributed by atoms with Crippen LogP contribution in [0.2, 0.25) is 0 Å². The summed E-state index contributed by atoms with van der Waals surface area (Å²) < 4.78 is 26.9. The number of nitrogens with zero attached hydrogens (tertiary/aromatic N) is 4. The SMILES string of the molecule is O=C(OC(c1ccccc1)c1ccccc1)C1=C(COC(=O)N2CCCC2)CS(=O)[C@@H]2C(NC(=O)/C(=N\OC(c3ccccc3)(c3ccccc3)c3ccccc3)c3csc(NC(c4ccccc4)(c4ccccc4)c4ccccc4)n3)C(=O)N12. The summed E-state index contributed by atoms with van der Waals surface area (Å²) >= 11 is 1.25. The summed E-state index contributed by atoms with van der Waals surface area (Å²) in [5.74, 6) is -2.80. The van der Waals surface area contributed by atoms with Gasteiger partial charge in [0.1, 0.15) is 35.0 Å². The lowest BCUT2D eigenvalue weighted by atomic mass is 9.77. The predicted molar refractivity (Wildman–Crippen MR) is 327 cm³/mol. The minimum absolute atomic E-state index is 0.101. The lowest BCUT2D eigenvalue weighted by molar-refractivity contribution is -0.154. The van der Waals surface area contributed by atoms with Crippen LogP contribution in [0.1, 0.15) is 69.1 Å². The third-order valence-electron chi connectivity index (χ3n) is 15.5. The molecule has 9 aromatic rings. The number of nitrogens with one attached hydrogen (secondary N) is 2. The van der Waals surface area contributed by atoms with E-state index in [9.17, 15) is 13.8 Å². The van der Waals surface area contributed by atoms with Gasteiger partial charge in [-0.2, -0.15) is 0 Å². The fourth-order valence-corrected chi connectivity index (χ4v) is 13.8. The number of oxime groups is 1. The van der Waals surface area contributed by atoms with Gasteiger partial charge in [0, 0.05) is 40.7 Å². The maximum atomic E-state index is 15.6. The number of amides is 3. The summed E-state index contributed by atoms with van der Waals surface area (Å²) in [7, 11) is -1.95. The Morgan fingerprint density at radius 2 is 1.06 bits per heavy atom. The van der Waals surface area contributed by atoms with Gasteiger partial charge in [-0.3, -0.25) is 18.7 Å². The van der Waals surface area contributed by atoms with Crippen molar-refractivity contribution in [2.75, 3.05) is 30.8 Å². The zero-order chi connectivity index (χ0) is 58.2. The van der Waals surface area contributed by atoms with Crippen LogP contribution in [0.3, 0.4) is 0 Å². The second-order valence-electron chi connectivity index (χ2n) is 20.7. The van der Waals surface area contributed by atoms with Crippen molar-refractivity contribution < 1.29 is 37.7 Å². The van der Waals surface area contributed by atoms with Crippen molar-refractivity contribution >= 4 is 56.9 Å². The zero-order valence-corrected chi connectivity index (χ0v) is 47.7. The Morgan fingerprint density at radius 3 is 1.52 bits per heavy atom. The van der Waals surface area contributed by atoms with Gasteiger partial charge in [0.25, 0.3) is 11.8 Å². The topological polar surface area (TPSA) is 169 Å². The van der Waals surface area contributed by atoms with Crippen LogP contribution in [0, 0.1) is 0 Å². The normalized spacial score (nSPS) is 16.9. The number of hydrogen-bond acceptors (Lipinski definition) is 12. The molecule has 3 atom stereocenters. The minimum Gasteiger partial charge on any atom is -0.448 e. The highest BCUT2D eigenvalue weighted by Crippen LogP contribution is 2.44. The Balaban J connectivity index is 0.939. The van der Waals surface area contributed by atoms with Crippen molar-refractivity contribution in [3.63, 3.8) is 0 Å². The van der Waals surface area contributed by atoms with Crippen molar-refractivity contribution in [3.05, 3.63) is 310 Å². The van der Waals surface area contributed by atoms with Crippen LogP contribution < -0.4 is 10.6 Å². The highest BCUT2D eigenvalue weighted by atomic mass is 32.2. The molecule has 3 amide bonds. The average Bonchev–Trinajstić information content (AvgIpc) is 4.25. The van der Waals surface area contributed by atoms with Crippen LogP contribution in [0.5, 0.6) is 0 Å². The first-order valence-electron chi connectivity index (χ1n) is 28.0. The molecule has 2 saturated heterocycles. The summed E-state index contributed by atoms with van der Waals surface area (Å²) in [4.78, 5) is 73.7. The minimum atomic E-state index is -1.95. The molecule has 3 aliphatic rings. The van der Waals surface area contributed by atoms with E-state index in [-0.39, 0.29) is 28.4 Å². The van der Waals surface area contributed by atoms with E-state index in [1.807, 2.05) is 206 Å². The molecule has 85 heavy (non-hydrogen) atoms. The molecule has 0 aliphatic carbocycles. The van der Waals surface area contributed by atoms with Crippen LogP contribution in [-0.4, -0.2) is 85.4 Å². The molecule has 0 spiro atoms. The smallest absolute Gasteiger partial charge is 0.410 e. The molecule has 2 unspecified atom stereocenters. The van der Waals surface area contributed by atoms with E-state index in [1.54, 1.807) is 10.3 Å². The maximum Gasteiger partial charge on any atom is 0.410 e. The molecule has 16 heteroatoms. The van der Waals surface area contributed by atoms with Gasteiger partial charge in [-0.05, 0) is 40.7 Å². The number of likely N-dealkylation sites (tertiary alicyclic amines) is 1. The van der Waals surface area contributed by atoms with Gasteiger partial charge < -0.3 is 29.8 Å². The average molecular weight is 1160 g/mol. The molecular formula is C69H58N6O8S2. The van der Waals surface area contributed by atoms with Crippen LogP contribution in [0.4, 0.5) is 9.93 Å². The molecule has 2 N–H and O–H groups in total. The number of carbonyl (C=O) groups is 4. The molecule has 424 valence electrons. The monoisotopic (exact) mass is 1160 g/mol. The summed E-state index contributed by atoms with van der Waals surface area (Å²) in [6.45, 7) is 0.597. The quantitative estimate of drug-likeness (QED) is 0.0261. The van der Waals surface area contributed by atoms with E-state index in [1.165, 1.54) is 11.3 Å². The fourth-order valence-electron chi connectivity index (χ4n) is 11.4. The van der Waals surface area contributed by atoms with Gasteiger partial charge in [-0.25, -0.2) is 14.6 Å². The van der Waals surface area contributed by atoms with Gasteiger partial charge >= 0.3 is 12.1 Å². The first-order chi connectivity index (χ1) is 41.7. The van der Waals surface area contributed by atoms with Crippen molar-refractivity contribution in [1.29, 1.82) is 0 Å². The fraction of sp³-hybridized carbons (Fsp3) is 0.159. The Labute approximate surface area is 498 Å². The number of thiazole rings is 1. The van der Waals surface area contributed by atoms with Crippen LogP contribution in [0.15, 0.2) is 264 Å². The van der Waals surface area contributed by atoms with Crippen molar-refractivity contribution in [2.24, 2.45) is 5.16 Å². The lowest BCUT2D eigenvalue weighted by Crippen LogP contribution is -2.74. The van der Waals surface area contributed by atoms with Gasteiger partial charge in [0.05, 0.1) is 16.6 Å². The van der Waals surface area contributed by atoms with E-state index in [0.29, 0.717) is 46.0 Å². The van der Waals surface area contributed by atoms with E-state index < -0.39 is 69.9 Å². The Bertz CT molecular complexity index is 3660. The van der Waals surface area contributed by atoms with Gasteiger partial charge in [0.2, 0.25) is 5.60 Å². The van der Waals surface area contributed by atoms with Crippen molar-refractivity contribution in [2.45, 2.75) is 41.5 Å². The van der Waals surface area contributed by atoms with Crippen LogP contribution in [0.25, 0.3) is 0 Å². The number of anilines is 1. The molecule has 4 heterocycles. The second-order valence-corrected chi connectivity index (χ2v) is 23.1. The van der Waals surface area contributed by atoms with Crippen LogP contribution >= 0.6 is 11.3 Å². The largest absolute Gasteiger partial charge is 0.448 e. The predicted octanol–water partition coefficient (Wildman–Crippen LogP) is 11.5. The molecule has 14 nitrogen and oxygen atoms in total. The van der Waals surface area contributed by atoms with Crippen molar-refractivity contribution in [1.82, 2.24) is 20.1 Å². The first kappa shape index (κ1) is 55.7. The molecule has 0 radical (unpaired) electrons. The third-order valence-corrected chi connectivity index (χ3v) is 18.0. The number of ether oxygens (including phenoxy) is 2. The first-order valence-corrected chi connectivity index (χ1v) is 30.3. The lowest BCUT2D eigenvalue weighted by Gasteiger charge is -2.49. The second kappa shape index (κ2) is 25.0. The van der Waals surface area contributed by atoms with Crippen molar-refractivity contribution in [3.8, 4) is 0 Å². The number of hydrogen-bond donors (Lipinski definition) is 2. The molecule has 3 aliphatic heterocycles. The van der Waals surface area contributed by atoms with Gasteiger partial charge in [-0.15, -0.1) is 11.3 Å². The number of rotatable bonds is 19. The summed E-state index contributed by atoms with van der Waals surface area (Å²) in [5.41, 5.74) is 3.48. The summed E-state index contributed by atoms with van der Waals surface area (Å²) in [6.07, 6.45) is 0.133. The highest BCUT2D eigenvalue weighted by Gasteiger charge is 2.58. The van der Waals surface area contributed by atoms with E-state index in [0.717, 1.165) is 34.4 Å². The number of esters is 1. The highest BCUT2D eigenvalue weighted by molar-refractivity contribution is 7.86. The van der Waals surface area contributed by atoms with Gasteiger partial charge in [-0.1, -0.05) is 248 Å². The molecule has 0 saturated carbocycles. The molecule has 8 aromatic carbocycles. The molecule has 12 rings (SSSR count). The number of aromatic nitrogens is 1. The Hall–Kier alpha value is -9.77. The standard InChI is InChI=1S/C69H58N6O8S2/c76-62(71-59-63(77)75-60(50(47-85(80)64(59)75)45-81-67(79)74-43-25-26-44-74)65(78)82-61(48-27-9-1-10-28-48)49-29-11-2-12-30-49)58(73-83-69(54-37-19-6-20-38-54,55-39-21-7-22-40-55)56-41-23-8-24-42-56)57-46-84-66(70-57)72-68(51-31-13-3-14-32-51,52-33-15-4-16-34-52)53-35-17-5-18-36-53/h1-24,27-42,46,59,61,64H,25-26,43-45,47H2,(H,70,72)(H,71,76)/b73-58-/t59?,64-,85?/m1/s1. The summed E-state index contributed by atoms with van der Waals surface area (Å²) in [6, 6.07) is 75.7. The molecular weight excluding hydrogens is 1100 g/mol. The number of carbonyl (C=O) groups excluding carboxylic acids is 4. The summed E-state index contributed by atoms with van der Waals surface area (Å²) in [5, 5.41) is 12.4. The molecule has 2 fully saturated rings. The van der Waals surface area contributed by atoms with E-state index in [4.69, 9.17) is 24.5 Å². The molecule has 0 bridgehead atoms. The zero-order valence-electron chi connectivity index (χ0n) is 46.0. The Morgan fingerprint density at radius 1 is 0.624 bits per heavy atom. The number of β-lactam (4-membered cyclic amide) rings is 1.